The third-order valence-corrected chi connectivity index (χ3v) is 19.9. The summed E-state index contributed by atoms with van der Waals surface area (Å²) in [5.41, 5.74) is 10.1. The van der Waals surface area contributed by atoms with Gasteiger partial charge in [-0.2, -0.15) is 0 Å². The summed E-state index contributed by atoms with van der Waals surface area (Å²) in [6, 6.07) is -1.89. The molecule has 2 aliphatic heterocycles. The fourth-order valence-electron chi connectivity index (χ4n) is 9.77. The molecule has 39 nitrogen and oxygen atoms in total. The maximum Gasteiger partial charge on any atom is 0.472 e. The van der Waals surface area contributed by atoms with E-state index in [1.54, 1.807) is 14.0 Å². The first-order valence-electron chi connectivity index (χ1n) is 35.7. The lowest BCUT2D eigenvalue weighted by atomic mass is 9.92. The minimum absolute atomic E-state index is 0.000938. The van der Waals surface area contributed by atoms with Crippen LogP contribution in [0.25, 0.3) is 0 Å². The van der Waals surface area contributed by atoms with E-state index in [1.165, 1.54) is 6.92 Å². The molecule has 2 saturated heterocycles. The highest BCUT2D eigenvalue weighted by atomic mass is 31.2. The van der Waals surface area contributed by atoms with Crippen LogP contribution in [0.15, 0.2) is 0 Å². The fraction of sp³-hybridized carbons (Fsp3) is 1.00. The average molecular weight is 1600 g/mol. The summed E-state index contributed by atoms with van der Waals surface area (Å²) in [7, 11) is -17.0. The summed E-state index contributed by atoms with van der Waals surface area (Å²) in [5.74, 6) is -0.875. The minimum atomic E-state index is -4.91. The molecule has 2 rings (SSSR count). The van der Waals surface area contributed by atoms with Gasteiger partial charge in [-0.25, -0.2) is 18.3 Å². The van der Waals surface area contributed by atoms with E-state index >= 15 is 0 Å². The highest BCUT2D eigenvalue weighted by Gasteiger charge is 2.44. The van der Waals surface area contributed by atoms with Crippen LogP contribution >= 0.6 is 31.3 Å². The molecule has 0 radical (unpaired) electrons. The van der Waals surface area contributed by atoms with Crippen LogP contribution in [0.2, 0.25) is 0 Å². The number of hydrogen-bond acceptors (Lipinski definition) is 35. The van der Waals surface area contributed by atoms with E-state index in [9.17, 15) is 78.7 Å². The van der Waals surface area contributed by atoms with E-state index in [1.807, 2.05) is 0 Å². The first-order chi connectivity index (χ1) is 49.6. The molecule has 11 unspecified atom stereocenters. The largest absolute Gasteiger partial charge is 0.472 e. The average Bonchev–Trinajstić information content (AvgIpc) is 0.824. The maximum absolute atomic E-state index is 13.5. The lowest BCUT2D eigenvalue weighted by molar-refractivity contribution is -0.282. The number of methoxy groups -OCH3 is 1. The Morgan fingerprint density at radius 2 is 0.817 bits per heavy atom. The number of unbranched alkanes of at least 4 members (excludes halogenated alkanes) is 9. The van der Waals surface area contributed by atoms with Crippen molar-refractivity contribution in [3.8, 4) is 0 Å². The van der Waals surface area contributed by atoms with Crippen molar-refractivity contribution in [3.05, 3.63) is 0 Å². The van der Waals surface area contributed by atoms with Gasteiger partial charge in [0.2, 0.25) is 0 Å². The van der Waals surface area contributed by atoms with Crippen molar-refractivity contribution < 1.29 is 177 Å². The number of aliphatic hydroxyl groups is 9. The second-order valence-electron chi connectivity index (χ2n) is 25.1. The Hall–Kier alpha value is -0.480. The molecule has 0 amide bonds. The molecule has 2 heterocycles. The third kappa shape index (κ3) is 45.9. The van der Waals surface area contributed by atoms with Crippen LogP contribution in [0.3, 0.4) is 0 Å². The molecular weight excluding hydrogens is 1480 g/mol. The predicted molar refractivity (Wildman–Crippen MR) is 367 cm³/mol. The van der Waals surface area contributed by atoms with Gasteiger partial charge in [0.25, 0.3) is 0 Å². The summed E-state index contributed by atoms with van der Waals surface area (Å²) in [4.78, 5) is 42.2. The Morgan fingerprint density at radius 1 is 0.442 bits per heavy atom. The fourth-order valence-corrected chi connectivity index (χ4v) is 13.0. The normalized spacial score (nSPS) is 25.2. The number of hydrogen-bond donors (Lipinski definition) is 15. The molecule has 2 fully saturated rings. The van der Waals surface area contributed by atoms with Crippen LogP contribution in [0, 0.1) is 11.8 Å². The van der Waals surface area contributed by atoms with Crippen LogP contribution in [-0.4, -0.2) is 324 Å². The lowest BCUT2D eigenvalue weighted by Gasteiger charge is -2.40. The van der Waals surface area contributed by atoms with Crippen LogP contribution in [0.1, 0.15) is 123 Å². The van der Waals surface area contributed by atoms with Gasteiger partial charge < -0.3 is 134 Å². The molecule has 0 aliphatic carbocycles. The second kappa shape index (κ2) is 58.4. The summed E-state index contributed by atoms with van der Waals surface area (Å²) >= 11 is 0. The Morgan fingerprint density at radius 3 is 1.25 bits per heavy atom. The number of phosphoric acid groups is 4. The molecule has 622 valence electrons. The summed E-state index contributed by atoms with van der Waals surface area (Å²) < 4.78 is 161. The van der Waals surface area contributed by atoms with Crippen molar-refractivity contribution in [3.63, 3.8) is 0 Å². The van der Waals surface area contributed by atoms with Gasteiger partial charge in [-0.1, -0.05) is 45.4 Å². The minimum Gasteiger partial charge on any atom is -0.396 e. The van der Waals surface area contributed by atoms with Gasteiger partial charge in [0.15, 0.2) is 18.9 Å². The molecule has 2 aliphatic rings. The first kappa shape index (κ1) is 99.6. The zero-order chi connectivity index (χ0) is 77.1. The standard InChI is InChI=1S/C61H126N2O37P4/c1-47-54(69)55(70)50(40-66)99-58(47)86-27-10-4-7-13-31-91-101(73,74)94-35-18-25-84-44-61(46-98-104(79,80)97-34-17-24-83-43-49(39-65)42-82-23-16-22-81-3,45-85-26-19-36-95-102(75,76)92-32-14-8-5-11-28-87-59(89-38-21-64)52(62)48(2)68)90-30-20-37-96-103(77,78)93-33-15-9-6-12-29-88-60-53(63)57(72)56(71)51(41-67)100-60/h47-60,64-72H,4-46,62-63H2,1-3H3,(H,73,74)(H,75,76)(H,77,78)(H,79,80)/t47-,48-,49?,50?,51?,52?,53-,54?,55-,56-,57?,58+,59+,60+,61?/m0/s1. The summed E-state index contributed by atoms with van der Waals surface area (Å²) in [6.45, 7) is -0.492. The lowest BCUT2D eigenvalue weighted by Crippen LogP contribution is -2.62. The van der Waals surface area contributed by atoms with E-state index in [2.05, 4.69) is 0 Å². The van der Waals surface area contributed by atoms with Gasteiger partial charge in [0.05, 0.1) is 137 Å². The van der Waals surface area contributed by atoms with Crippen molar-refractivity contribution >= 4 is 31.3 Å². The van der Waals surface area contributed by atoms with Crippen molar-refractivity contribution in [2.24, 2.45) is 23.3 Å². The van der Waals surface area contributed by atoms with Gasteiger partial charge in [-0.3, -0.25) is 36.2 Å². The molecule has 0 aromatic carbocycles. The molecule has 0 aromatic heterocycles. The summed E-state index contributed by atoms with van der Waals surface area (Å²) in [6.07, 6.45) is -3.88. The van der Waals surface area contributed by atoms with Gasteiger partial charge in [0, 0.05) is 78.4 Å². The molecular formula is C61H126N2O37P4. The van der Waals surface area contributed by atoms with Crippen LogP contribution in [-0.2, 0) is 111 Å². The Labute approximate surface area is 610 Å². The zero-order valence-corrected chi connectivity index (χ0v) is 64.1. The van der Waals surface area contributed by atoms with E-state index in [0.717, 1.165) is 0 Å². The maximum atomic E-state index is 13.5. The molecule has 19 atom stereocenters. The summed E-state index contributed by atoms with van der Waals surface area (Å²) in [5, 5.41) is 88.1. The third-order valence-electron chi connectivity index (χ3n) is 15.9. The SMILES string of the molecule is COCCCOCC(CO)COCCCOP(=O)(O)OCC(COCCCOP(=O)(O)OCCCCCCO[C@H](OCCO)C(N)[C@H](C)O)(COCCCOP(=O)(O)OCCCCCCO[C@@H]1OC(CO)[C@H](O)C(O)[C@@H]1C)OCCCOP(=O)(O)OCCCCCCO[C@@H]1OC(CO)[C@H](O)C(O)[C@@H]1N. The molecule has 0 saturated carbocycles. The molecule has 104 heavy (non-hydrogen) atoms. The Kier molecular flexibility index (Phi) is 55.9. The Balaban J connectivity index is 2.09. The molecule has 43 heteroatoms. The topological polar surface area (TPSA) is 568 Å². The number of phosphoric ester groups is 4. The molecule has 0 bridgehead atoms. The van der Waals surface area contributed by atoms with Crippen molar-refractivity contribution in [1.29, 1.82) is 0 Å². The van der Waals surface area contributed by atoms with Gasteiger partial charge >= 0.3 is 31.3 Å². The number of ether oxygens (including phenoxy) is 12. The van der Waals surface area contributed by atoms with Gasteiger partial charge in [-0.15, -0.1) is 0 Å². The monoisotopic (exact) mass is 1600 g/mol. The van der Waals surface area contributed by atoms with Crippen molar-refractivity contribution in [2.45, 2.75) is 202 Å². The predicted octanol–water partition coefficient (Wildman–Crippen LogP) is 1.16. The first-order valence-corrected chi connectivity index (χ1v) is 41.6. The van der Waals surface area contributed by atoms with E-state index < -0.39 is 156 Å². The van der Waals surface area contributed by atoms with Crippen LogP contribution in [0.4, 0.5) is 0 Å². The van der Waals surface area contributed by atoms with Gasteiger partial charge in [0.1, 0.15) is 36.1 Å². The second-order valence-corrected chi connectivity index (χ2v) is 30.9. The highest BCUT2D eigenvalue weighted by Crippen LogP contribution is 2.47. The molecule has 17 N–H and O–H groups in total. The molecule has 0 aromatic rings. The van der Waals surface area contributed by atoms with Crippen molar-refractivity contribution in [2.75, 3.05) is 179 Å². The number of aliphatic hydroxyl groups excluding tert-OH is 9. The van der Waals surface area contributed by atoms with E-state index in [-0.39, 0.29) is 151 Å². The van der Waals surface area contributed by atoms with Crippen LogP contribution in [0.5, 0.6) is 0 Å². The number of rotatable bonds is 71. The van der Waals surface area contributed by atoms with E-state index in [4.69, 9.17) is 110 Å². The smallest absolute Gasteiger partial charge is 0.396 e. The zero-order valence-electron chi connectivity index (χ0n) is 60.5. The quantitative estimate of drug-likeness (QED) is 0.0231. The Bertz CT molecular complexity index is 2290. The van der Waals surface area contributed by atoms with Crippen molar-refractivity contribution in [1.82, 2.24) is 0 Å². The molecule has 0 spiro atoms. The van der Waals surface area contributed by atoms with Crippen LogP contribution < -0.4 is 11.5 Å². The highest BCUT2D eigenvalue weighted by molar-refractivity contribution is 7.48. The van der Waals surface area contributed by atoms with Gasteiger partial charge in [-0.05, 0) is 77.6 Å². The number of nitrogens with two attached hydrogens (primary N) is 2. The van der Waals surface area contributed by atoms with E-state index in [0.29, 0.717) is 96.7 Å².